The molecule has 0 saturated carbocycles. The van der Waals surface area contributed by atoms with Gasteiger partial charge in [0, 0.05) is 49.2 Å². The summed E-state index contributed by atoms with van der Waals surface area (Å²) < 4.78 is 11.7. The molecule has 1 aromatic carbocycles. The summed E-state index contributed by atoms with van der Waals surface area (Å²) in [7, 11) is 1.67. The number of hydrogen-bond donors (Lipinski definition) is 3. The van der Waals surface area contributed by atoms with Crippen LogP contribution in [0.15, 0.2) is 29.4 Å². The minimum Gasteiger partial charge on any atom is -0.493 e. The van der Waals surface area contributed by atoms with Gasteiger partial charge >= 0.3 is 0 Å². The van der Waals surface area contributed by atoms with Gasteiger partial charge in [0.2, 0.25) is 0 Å². The van der Waals surface area contributed by atoms with Crippen LogP contribution in [-0.2, 0) is 6.42 Å². The third kappa shape index (κ3) is 6.78. The second-order valence-electron chi connectivity index (χ2n) is 8.64. The first-order chi connectivity index (χ1) is 17.5. The van der Waals surface area contributed by atoms with E-state index in [9.17, 15) is 0 Å². The molecule has 4 rings (SSSR count). The molecule has 5 N–H and O–H groups in total. The summed E-state index contributed by atoms with van der Waals surface area (Å²) in [5, 5.41) is 4.95. The molecule has 1 aliphatic heterocycles. The SMILES string of the molecule is CCCc1sc(-c2ccc(OC)c(OCCN3CCNCC3)c2)nc1[C@H](C)Sc1nc(N)cc(N)n1. The molecular weight excluding hydrogens is 494 g/mol. The van der Waals surface area contributed by atoms with Crippen LogP contribution in [-0.4, -0.2) is 66.3 Å². The van der Waals surface area contributed by atoms with Crippen molar-refractivity contribution in [2.75, 3.05) is 57.9 Å². The molecule has 1 aliphatic rings. The molecule has 3 aromatic rings. The molecule has 9 nitrogen and oxygen atoms in total. The molecule has 1 atom stereocenters. The number of thioether (sulfide) groups is 1. The van der Waals surface area contributed by atoms with E-state index < -0.39 is 0 Å². The number of hydrogen-bond acceptors (Lipinski definition) is 11. The van der Waals surface area contributed by atoms with Gasteiger partial charge in [0.1, 0.15) is 23.3 Å². The topological polar surface area (TPSA) is 124 Å². The summed E-state index contributed by atoms with van der Waals surface area (Å²) in [5.74, 6) is 2.20. The maximum absolute atomic E-state index is 6.17. The first-order valence-corrected chi connectivity index (χ1v) is 14.0. The van der Waals surface area contributed by atoms with Gasteiger partial charge in [-0.05, 0) is 31.5 Å². The van der Waals surface area contributed by atoms with Crippen molar-refractivity contribution in [2.45, 2.75) is 37.1 Å². The predicted octanol–water partition coefficient (Wildman–Crippen LogP) is 3.86. The third-order valence-electron chi connectivity index (χ3n) is 5.90. The molecule has 0 unspecified atom stereocenters. The molecule has 0 bridgehead atoms. The monoisotopic (exact) mass is 529 g/mol. The molecule has 0 spiro atoms. The standard InChI is InChI=1S/C25H35N7O2S2/c1-4-5-20-23(16(2)35-25-29-21(26)15-22(27)30-25)31-24(36-20)17-6-7-18(33-3)19(14-17)34-13-12-32-10-8-28-9-11-32/h6-7,14-16,28H,4-5,8-13H2,1-3H3,(H4,26,27,29,30)/t16-/m0/s1. The highest BCUT2D eigenvalue weighted by Crippen LogP contribution is 2.41. The number of aryl methyl sites for hydroxylation is 1. The Hall–Kier alpha value is -2.60. The molecule has 36 heavy (non-hydrogen) atoms. The van der Waals surface area contributed by atoms with Gasteiger partial charge in [0.05, 0.1) is 18.1 Å². The number of thiazole rings is 1. The zero-order valence-electron chi connectivity index (χ0n) is 21.1. The van der Waals surface area contributed by atoms with Crippen molar-refractivity contribution >= 4 is 34.7 Å². The van der Waals surface area contributed by atoms with Gasteiger partial charge in [0.25, 0.3) is 0 Å². The Morgan fingerprint density at radius 2 is 1.86 bits per heavy atom. The normalized spacial score (nSPS) is 15.1. The van der Waals surface area contributed by atoms with Gasteiger partial charge in [-0.2, -0.15) is 0 Å². The molecule has 0 radical (unpaired) electrons. The van der Waals surface area contributed by atoms with Gasteiger partial charge in [-0.25, -0.2) is 15.0 Å². The number of anilines is 2. The first kappa shape index (κ1) is 26.5. The summed E-state index contributed by atoms with van der Waals surface area (Å²) in [6.45, 7) is 9.95. The summed E-state index contributed by atoms with van der Waals surface area (Å²) >= 11 is 3.24. The first-order valence-electron chi connectivity index (χ1n) is 12.3. The molecule has 194 valence electrons. The van der Waals surface area contributed by atoms with Crippen LogP contribution < -0.4 is 26.3 Å². The second-order valence-corrected chi connectivity index (χ2v) is 11.0. The van der Waals surface area contributed by atoms with Crippen LogP contribution in [0.4, 0.5) is 11.6 Å². The fourth-order valence-electron chi connectivity index (χ4n) is 4.08. The van der Waals surface area contributed by atoms with E-state index in [1.165, 1.54) is 16.6 Å². The number of rotatable bonds is 11. The number of methoxy groups -OCH3 is 1. The van der Waals surface area contributed by atoms with Crippen molar-refractivity contribution in [1.82, 2.24) is 25.2 Å². The smallest absolute Gasteiger partial charge is 0.192 e. The Morgan fingerprint density at radius 3 is 2.56 bits per heavy atom. The average Bonchev–Trinajstić information content (AvgIpc) is 3.28. The highest BCUT2D eigenvalue weighted by atomic mass is 32.2. The van der Waals surface area contributed by atoms with Crippen LogP contribution in [0.5, 0.6) is 11.5 Å². The third-order valence-corrected chi connectivity index (χ3v) is 8.05. The molecular formula is C25H35N7O2S2. The number of aromatic nitrogens is 3. The van der Waals surface area contributed by atoms with Crippen molar-refractivity contribution < 1.29 is 9.47 Å². The molecule has 0 aliphatic carbocycles. The zero-order chi connectivity index (χ0) is 25.5. The van der Waals surface area contributed by atoms with Crippen molar-refractivity contribution in [1.29, 1.82) is 0 Å². The summed E-state index contributed by atoms with van der Waals surface area (Å²) in [6, 6.07) is 7.59. The lowest BCUT2D eigenvalue weighted by molar-refractivity contribution is 0.188. The van der Waals surface area contributed by atoms with Crippen molar-refractivity contribution in [3.05, 3.63) is 34.8 Å². The van der Waals surface area contributed by atoms with E-state index in [2.05, 4.69) is 34.0 Å². The van der Waals surface area contributed by atoms with Gasteiger partial charge < -0.3 is 26.3 Å². The molecule has 11 heteroatoms. The van der Waals surface area contributed by atoms with Crippen LogP contribution in [0.3, 0.4) is 0 Å². The Labute approximate surface area is 221 Å². The fraction of sp³-hybridized carbons (Fsp3) is 0.480. The average molecular weight is 530 g/mol. The lowest BCUT2D eigenvalue weighted by atomic mass is 10.2. The zero-order valence-corrected chi connectivity index (χ0v) is 22.8. The molecule has 1 saturated heterocycles. The van der Waals surface area contributed by atoms with Crippen LogP contribution in [0, 0.1) is 0 Å². The van der Waals surface area contributed by atoms with E-state index in [-0.39, 0.29) is 5.25 Å². The highest BCUT2D eigenvalue weighted by molar-refractivity contribution is 7.99. The van der Waals surface area contributed by atoms with E-state index in [0.29, 0.717) is 23.4 Å². The number of nitrogens with zero attached hydrogens (tertiary/aromatic N) is 4. The van der Waals surface area contributed by atoms with Crippen LogP contribution in [0.2, 0.25) is 0 Å². The van der Waals surface area contributed by atoms with Crippen molar-refractivity contribution in [3.8, 4) is 22.1 Å². The summed E-state index contributed by atoms with van der Waals surface area (Å²) in [5.41, 5.74) is 13.8. The molecule has 1 fully saturated rings. The summed E-state index contributed by atoms with van der Waals surface area (Å²) in [6.07, 6.45) is 2.00. The Morgan fingerprint density at radius 1 is 1.11 bits per heavy atom. The van der Waals surface area contributed by atoms with Gasteiger partial charge in [-0.1, -0.05) is 25.1 Å². The summed E-state index contributed by atoms with van der Waals surface area (Å²) in [4.78, 5) is 17.4. The van der Waals surface area contributed by atoms with Gasteiger partial charge in [-0.15, -0.1) is 11.3 Å². The number of benzene rings is 1. The van der Waals surface area contributed by atoms with Crippen molar-refractivity contribution in [3.63, 3.8) is 0 Å². The molecule has 3 heterocycles. The number of nitrogen functional groups attached to an aromatic ring is 2. The number of nitrogens with two attached hydrogens (primary N) is 2. The molecule has 0 amide bonds. The highest BCUT2D eigenvalue weighted by Gasteiger charge is 2.21. The van der Waals surface area contributed by atoms with Crippen LogP contribution in [0.25, 0.3) is 10.6 Å². The lowest BCUT2D eigenvalue weighted by Gasteiger charge is -2.27. The largest absolute Gasteiger partial charge is 0.493 e. The van der Waals surface area contributed by atoms with E-state index in [1.54, 1.807) is 24.5 Å². The van der Waals surface area contributed by atoms with Crippen molar-refractivity contribution in [2.24, 2.45) is 0 Å². The minimum atomic E-state index is 0.0470. The number of piperazine rings is 1. The Kier molecular flexibility index (Phi) is 9.24. The van der Waals surface area contributed by atoms with Crippen LogP contribution >= 0.6 is 23.1 Å². The minimum absolute atomic E-state index is 0.0470. The van der Waals surface area contributed by atoms with Gasteiger partial charge in [0.15, 0.2) is 16.7 Å². The quantitative estimate of drug-likeness (QED) is 0.249. The van der Waals surface area contributed by atoms with E-state index in [4.69, 9.17) is 25.9 Å². The maximum atomic E-state index is 6.17. The predicted molar refractivity (Wildman–Crippen MR) is 148 cm³/mol. The number of ether oxygens (including phenoxy) is 2. The second kappa shape index (κ2) is 12.6. The van der Waals surface area contributed by atoms with Gasteiger partial charge in [-0.3, -0.25) is 4.90 Å². The Bertz CT molecular complexity index is 1130. The number of nitrogens with one attached hydrogen (secondary N) is 1. The van der Waals surface area contributed by atoms with Crippen LogP contribution in [0.1, 0.15) is 36.1 Å². The van der Waals surface area contributed by atoms with E-state index in [1.807, 2.05) is 18.2 Å². The Balaban J connectivity index is 1.53. The van der Waals surface area contributed by atoms with E-state index in [0.717, 1.165) is 73.3 Å². The van der Waals surface area contributed by atoms with E-state index >= 15 is 0 Å². The lowest BCUT2D eigenvalue weighted by Crippen LogP contribution is -2.44. The fourth-order valence-corrected chi connectivity index (χ4v) is 6.35. The maximum Gasteiger partial charge on any atom is 0.192 e. The molecule has 2 aromatic heterocycles.